The third-order valence-corrected chi connectivity index (χ3v) is 2.90. The van der Waals surface area contributed by atoms with E-state index < -0.39 is 5.60 Å². The molecule has 0 aromatic carbocycles. The fourth-order valence-electron chi connectivity index (χ4n) is 1.96. The van der Waals surface area contributed by atoms with Crippen LogP contribution in [0, 0.1) is 5.92 Å². The normalized spacial score (nSPS) is 29.3. The van der Waals surface area contributed by atoms with Gasteiger partial charge in [-0.1, -0.05) is 6.07 Å². The molecular weight excluding hydrogens is 194 g/mol. The van der Waals surface area contributed by atoms with Gasteiger partial charge in [-0.2, -0.15) is 0 Å². The highest BCUT2D eigenvalue weighted by Gasteiger charge is 2.47. The van der Waals surface area contributed by atoms with E-state index in [1.54, 1.807) is 18.5 Å². The van der Waals surface area contributed by atoms with E-state index in [2.05, 4.69) is 9.72 Å². The summed E-state index contributed by atoms with van der Waals surface area (Å²) in [4.78, 5) is 15.1. The summed E-state index contributed by atoms with van der Waals surface area (Å²) in [6.45, 7) is 0. The third-order valence-electron chi connectivity index (χ3n) is 2.90. The van der Waals surface area contributed by atoms with Gasteiger partial charge >= 0.3 is 5.97 Å². The Morgan fingerprint density at radius 1 is 1.67 bits per heavy atom. The smallest absolute Gasteiger partial charge is 0.308 e. The zero-order valence-corrected chi connectivity index (χ0v) is 8.51. The van der Waals surface area contributed by atoms with E-state index in [1.807, 2.05) is 6.07 Å². The van der Waals surface area contributed by atoms with Gasteiger partial charge < -0.3 is 9.84 Å². The highest BCUT2D eigenvalue weighted by molar-refractivity contribution is 5.74. The molecular formula is C11H13NO3. The molecule has 0 bridgehead atoms. The number of aromatic nitrogens is 1. The highest BCUT2D eigenvalue weighted by Crippen LogP contribution is 2.45. The number of carbonyl (C=O) groups is 1. The number of carbonyl (C=O) groups excluding carboxylic acids is 1. The Bertz CT molecular complexity index is 357. The Hall–Kier alpha value is -1.42. The fourth-order valence-corrected chi connectivity index (χ4v) is 1.96. The zero-order valence-electron chi connectivity index (χ0n) is 8.51. The van der Waals surface area contributed by atoms with Crippen molar-refractivity contribution in [3.63, 3.8) is 0 Å². The van der Waals surface area contributed by atoms with E-state index in [0.29, 0.717) is 12.8 Å². The van der Waals surface area contributed by atoms with E-state index in [4.69, 9.17) is 0 Å². The molecule has 1 aromatic rings. The highest BCUT2D eigenvalue weighted by atomic mass is 16.5. The van der Waals surface area contributed by atoms with Gasteiger partial charge in [0.05, 0.1) is 18.6 Å². The number of aliphatic hydroxyl groups is 1. The lowest BCUT2D eigenvalue weighted by molar-refractivity contribution is -0.163. The maximum absolute atomic E-state index is 11.2. The lowest BCUT2D eigenvalue weighted by atomic mass is 9.68. The lowest BCUT2D eigenvalue weighted by Crippen LogP contribution is -2.44. The van der Waals surface area contributed by atoms with Crippen LogP contribution in [0.3, 0.4) is 0 Å². The van der Waals surface area contributed by atoms with Crippen molar-refractivity contribution >= 4 is 5.97 Å². The molecule has 4 nitrogen and oxygen atoms in total. The van der Waals surface area contributed by atoms with Gasteiger partial charge in [0.2, 0.25) is 0 Å². The van der Waals surface area contributed by atoms with E-state index in [0.717, 1.165) is 5.56 Å². The fraction of sp³-hybridized carbons (Fsp3) is 0.455. The van der Waals surface area contributed by atoms with Crippen molar-refractivity contribution in [3.8, 4) is 0 Å². The number of esters is 1. The minimum Gasteiger partial charge on any atom is -0.469 e. The van der Waals surface area contributed by atoms with E-state index in [1.165, 1.54) is 7.11 Å². The number of nitrogens with zero attached hydrogens (tertiary/aromatic N) is 1. The average molecular weight is 207 g/mol. The molecule has 0 aliphatic heterocycles. The van der Waals surface area contributed by atoms with E-state index in [9.17, 15) is 9.90 Å². The first kappa shape index (κ1) is 10.1. The van der Waals surface area contributed by atoms with Crippen LogP contribution in [0.5, 0.6) is 0 Å². The predicted octanol–water partition coefficient (Wildman–Crippen LogP) is 0.852. The minimum absolute atomic E-state index is 0.180. The van der Waals surface area contributed by atoms with Gasteiger partial charge in [-0.05, 0) is 18.9 Å². The molecule has 1 aromatic heterocycles. The van der Waals surface area contributed by atoms with Crippen molar-refractivity contribution in [1.29, 1.82) is 0 Å². The number of pyridine rings is 1. The second-order valence-corrected chi connectivity index (χ2v) is 3.90. The Balaban J connectivity index is 2.06. The summed E-state index contributed by atoms with van der Waals surface area (Å²) in [7, 11) is 1.36. The monoisotopic (exact) mass is 207 g/mol. The van der Waals surface area contributed by atoms with Gasteiger partial charge in [0.25, 0.3) is 0 Å². The summed E-state index contributed by atoms with van der Waals surface area (Å²) in [5, 5.41) is 10.1. The molecule has 0 amide bonds. The van der Waals surface area contributed by atoms with Crippen LogP contribution >= 0.6 is 0 Å². The Kier molecular flexibility index (Phi) is 2.44. The first-order chi connectivity index (χ1) is 7.15. The molecule has 0 atom stereocenters. The minimum atomic E-state index is -0.896. The summed E-state index contributed by atoms with van der Waals surface area (Å²) < 4.78 is 4.62. The van der Waals surface area contributed by atoms with Crippen LogP contribution in [-0.4, -0.2) is 23.2 Å². The van der Waals surface area contributed by atoms with Crippen LogP contribution in [0.15, 0.2) is 24.5 Å². The van der Waals surface area contributed by atoms with Crippen LogP contribution in [0.4, 0.5) is 0 Å². The molecule has 1 fully saturated rings. The molecule has 0 radical (unpaired) electrons. The number of hydrogen-bond acceptors (Lipinski definition) is 4. The van der Waals surface area contributed by atoms with Gasteiger partial charge in [0.1, 0.15) is 0 Å². The Morgan fingerprint density at radius 2 is 2.40 bits per heavy atom. The maximum Gasteiger partial charge on any atom is 0.308 e. The molecule has 1 heterocycles. The van der Waals surface area contributed by atoms with Crippen molar-refractivity contribution in [2.75, 3.05) is 7.11 Å². The van der Waals surface area contributed by atoms with Gasteiger partial charge in [-0.15, -0.1) is 0 Å². The Morgan fingerprint density at radius 3 is 2.93 bits per heavy atom. The molecule has 0 spiro atoms. The molecule has 4 heteroatoms. The summed E-state index contributed by atoms with van der Waals surface area (Å²) in [5.41, 5.74) is -0.127. The molecule has 0 saturated heterocycles. The number of rotatable bonds is 2. The zero-order chi connectivity index (χ0) is 10.9. The molecule has 1 aliphatic carbocycles. The molecule has 1 N–H and O–H groups in total. The largest absolute Gasteiger partial charge is 0.469 e. The molecule has 2 rings (SSSR count). The van der Waals surface area contributed by atoms with Gasteiger partial charge in [0.15, 0.2) is 0 Å². The molecule has 1 aliphatic rings. The summed E-state index contributed by atoms with van der Waals surface area (Å²) in [6, 6.07) is 3.60. The molecule has 1 saturated carbocycles. The molecule has 80 valence electrons. The predicted molar refractivity (Wildman–Crippen MR) is 52.9 cm³/mol. The first-order valence-corrected chi connectivity index (χ1v) is 4.86. The second-order valence-electron chi connectivity index (χ2n) is 3.90. The van der Waals surface area contributed by atoms with Crippen LogP contribution in [0.25, 0.3) is 0 Å². The molecule has 0 unspecified atom stereocenters. The summed E-state index contributed by atoms with van der Waals surface area (Å²) in [5.74, 6) is -0.427. The first-order valence-electron chi connectivity index (χ1n) is 4.86. The summed E-state index contributed by atoms with van der Waals surface area (Å²) in [6.07, 6.45) is 4.13. The summed E-state index contributed by atoms with van der Waals surface area (Å²) >= 11 is 0. The Labute approximate surface area is 87.9 Å². The van der Waals surface area contributed by atoms with Crippen LogP contribution < -0.4 is 0 Å². The van der Waals surface area contributed by atoms with Crippen LogP contribution in [0.2, 0.25) is 0 Å². The third kappa shape index (κ3) is 1.72. The van der Waals surface area contributed by atoms with Gasteiger partial charge in [-0.25, -0.2) is 0 Å². The second kappa shape index (κ2) is 3.62. The van der Waals surface area contributed by atoms with Crippen molar-refractivity contribution in [2.24, 2.45) is 5.92 Å². The number of hydrogen-bond donors (Lipinski definition) is 1. The van der Waals surface area contributed by atoms with Gasteiger partial charge in [0, 0.05) is 18.0 Å². The maximum atomic E-state index is 11.2. The van der Waals surface area contributed by atoms with Crippen molar-refractivity contribution in [2.45, 2.75) is 18.4 Å². The van der Waals surface area contributed by atoms with Crippen molar-refractivity contribution in [1.82, 2.24) is 4.98 Å². The number of methoxy groups -OCH3 is 1. The van der Waals surface area contributed by atoms with E-state index in [-0.39, 0.29) is 11.9 Å². The topological polar surface area (TPSA) is 59.4 Å². The molecule has 15 heavy (non-hydrogen) atoms. The van der Waals surface area contributed by atoms with Crippen molar-refractivity contribution < 1.29 is 14.6 Å². The van der Waals surface area contributed by atoms with Crippen molar-refractivity contribution in [3.05, 3.63) is 30.1 Å². The standard InChI is InChI=1S/C11H13NO3/c1-15-10(13)8-5-11(14,6-8)9-3-2-4-12-7-9/h2-4,7-8,14H,5-6H2,1H3. The number of ether oxygens (including phenoxy) is 1. The SMILES string of the molecule is COC(=O)C1CC(O)(c2cccnc2)C1. The van der Waals surface area contributed by atoms with Crippen LogP contribution in [-0.2, 0) is 15.1 Å². The average Bonchev–Trinajstić information content (AvgIpc) is 2.25. The van der Waals surface area contributed by atoms with Gasteiger partial charge in [-0.3, -0.25) is 9.78 Å². The quantitative estimate of drug-likeness (QED) is 0.730. The lowest BCUT2D eigenvalue weighted by Gasteiger charge is -2.42. The van der Waals surface area contributed by atoms with E-state index >= 15 is 0 Å². The van der Waals surface area contributed by atoms with Crippen LogP contribution in [0.1, 0.15) is 18.4 Å².